The predicted octanol–water partition coefficient (Wildman–Crippen LogP) is 6.13. The molecule has 0 heterocycles. The van der Waals surface area contributed by atoms with Crippen LogP contribution in [-0.4, -0.2) is 4.83 Å². The van der Waals surface area contributed by atoms with Crippen molar-refractivity contribution in [3.63, 3.8) is 0 Å². The van der Waals surface area contributed by atoms with Gasteiger partial charge in [-0.15, -0.1) is 0 Å². The lowest BCUT2D eigenvalue weighted by Crippen LogP contribution is -2.26. The number of hydrogen-bond donors (Lipinski definition) is 0. The smallest absolute Gasteiger partial charge is 0.0439 e. The van der Waals surface area contributed by atoms with E-state index in [2.05, 4.69) is 22.9 Å². The van der Waals surface area contributed by atoms with E-state index in [-0.39, 0.29) is 0 Å². The van der Waals surface area contributed by atoms with Gasteiger partial charge in [0, 0.05) is 14.9 Å². The first-order chi connectivity index (χ1) is 8.60. The number of hydrogen-bond acceptors (Lipinski definition) is 0. The van der Waals surface area contributed by atoms with E-state index in [9.17, 15) is 0 Å². The summed E-state index contributed by atoms with van der Waals surface area (Å²) in [6.07, 6.45) is 6.26. The highest BCUT2D eigenvalue weighted by molar-refractivity contribution is 9.09. The number of benzene rings is 1. The van der Waals surface area contributed by atoms with Gasteiger partial charge in [-0.25, -0.2) is 0 Å². The Balaban J connectivity index is 2.09. The van der Waals surface area contributed by atoms with Gasteiger partial charge in [0.2, 0.25) is 0 Å². The van der Waals surface area contributed by atoms with Gasteiger partial charge in [0.25, 0.3) is 0 Å². The second kappa shape index (κ2) is 6.63. The Morgan fingerprint density at radius 3 is 2.78 bits per heavy atom. The molecule has 3 atom stereocenters. The van der Waals surface area contributed by atoms with Gasteiger partial charge in [-0.05, 0) is 61.3 Å². The average Bonchev–Trinajstić information content (AvgIpc) is 2.36. The maximum atomic E-state index is 6.26. The van der Waals surface area contributed by atoms with E-state index >= 15 is 0 Å². The van der Waals surface area contributed by atoms with Crippen molar-refractivity contribution in [3.05, 3.63) is 33.8 Å². The highest BCUT2D eigenvalue weighted by atomic mass is 79.9. The zero-order valence-corrected chi connectivity index (χ0v) is 13.7. The molecule has 1 aromatic rings. The Morgan fingerprint density at radius 2 is 2.06 bits per heavy atom. The Hall–Kier alpha value is 0.280. The lowest BCUT2D eigenvalue weighted by Gasteiger charge is -2.33. The van der Waals surface area contributed by atoms with Crippen LogP contribution in [0, 0.1) is 11.8 Å². The monoisotopic (exact) mass is 348 g/mol. The first-order valence-corrected chi connectivity index (χ1v) is 8.35. The molecule has 0 amide bonds. The molecular weight excluding hydrogens is 331 g/mol. The van der Waals surface area contributed by atoms with E-state index in [1.807, 2.05) is 18.2 Å². The van der Waals surface area contributed by atoms with Gasteiger partial charge in [0.05, 0.1) is 0 Å². The van der Waals surface area contributed by atoms with Crippen LogP contribution < -0.4 is 0 Å². The summed E-state index contributed by atoms with van der Waals surface area (Å²) in [5, 5.41) is 1.63. The molecule has 0 nitrogen and oxygen atoms in total. The van der Waals surface area contributed by atoms with E-state index in [1.165, 1.54) is 31.2 Å². The fourth-order valence-electron chi connectivity index (χ4n) is 2.89. The molecule has 1 fully saturated rings. The topological polar surface area (TPSA) is 0 Å². The fourth-order valence-corrected chi connectivity index (χ4v) is 3.94. The third-order valence-corrected chi connectivity index (χ3v) is 5.87. The van der Waals surface area contributed by atoms with Gasteiger partial charge in [-0.3, -0.25) is 0 Å². The molecule has 0 aromatic heterocycles. The lowest BCUT2D eigenvalue weighted by molar-refractivity contribution is 0.271. The molecule has 1 aromatic carbocycles. The standard InChI is InChI=1S/C15H19BrCl2/c1-2-10-3-5-14(16)11(7-10)8-12-9-13(17)4-6-15(12)18/h4,6,9-11,14H,2-3,5,7-8H2,1H3. The maximum Gasteiger partial charge on any atom is 0.0439 e. The normalized spacial score (nSPS) is 28.3. The highest BCUT2D eigenvalue weighted by Gasteiger charge is 2.28. The van der Waals surface area contributed by atoms with Gasteiger partial charge < -0.3 is 0 Å². The molecule has 0 bridgehead atoms. The van der Waals surface area contributed by atoms with Crippen molar-refractivity contribution in [2.45, 2.75) is 43.9 Å². The molecule has 3 heteroatoms. The Labute approximate surface area is 128 Å². The predicted molar refractivity (Wildman–Crippen MR) is 84.0 cm³/mol. The van der Waals surface area contributed by atoms with E-state index < -0.39 is 0 Å². The minimum Gasteiger partial charge on any atom is -0.0888 e. The van der Waals surface area contributed by atoms with Crippen LogP contribution >= 0.6 is 39.1 Å². The summed E-state index contributed by atoms with van der Waals surface area (Å²) in [6.45, 7) is 2.29. The number of halogens is 3. The van der Waals surface area contributed by atoms with Crippen molar-refractivity contribution in [3.8, 4) is 0 Å². The summed E-state index contributed by atoms with van der Waals surface area (Å²) < 4.78 is 0. The van der Waals surface area contributed by atoms with Crippen molar-refractivity contribution < 1.29 is 0 Å². The van der Waals surface area contributed by atoms with Crippen molar-refractivity contribution in [1.82, 2.24) is 0 Å². The molecule has 0 radical (unpaired) electrons. The molecular formula is C15H19BrCl2. The van der Waals surface area contributed by atoms with Crippen LogP contribution in [0.15, 0.2) is 18.2 Å². The molecule has 3 unspecified atom stereocenters. The highest BCUT2D eigenvalue weighted by Crippen LogP contribution is 2.38. The summed E-state index contributed by atoms with van der Waals surface area (Å²) in [7, 11) is 0. The largest absolute Gasteiger partial charge is 0.0888 e. The van der Waals surface area contributed by atoms with Crippen LogP contribution in [0.3, 0.4) is 0 Å². The van der Waals surface area contributed by atoms with Gasteiger partial charge in [0.1, 0.15) is 0 Å². The second-order valence-corrected chi connectivity index (χ2v) is 7.32. The number of rotatable bonds is 3. The van der Waals surface area contributed by atoms with Gasteiger partial charge in [-0.1, -0.05) is 52.5 Å². The summed E-state index contributed by atoms with van der Waals surface area (Å²) >= 11 is 16.2. The van der Waals surface area contributed by atoms with Crippen LogP contribution in [0.5, 0.6) is 0 Å². The summed E-state index contributed by atoms with van der Waals surface area (Å²) in [4.78, 5) is 0.621. The Kier molecular flexibility index (Phi) is 5.41. The van der Waals surface area contributed by atoms with Crippen molar-refractivity contribution in [2.75, 3.05) is 0 Å². The van der Waals surface area contributed by atoms with Gasteiger partial charge >= 0.3 is 0 Å². The number of alkyl halides is 1. The average molecular weight is 350 g/mol. The van der Waals surface area contributed by atoms with Crippen molar-refractivity contribution in [1.29, 1.82) is 0 Å². The van der Waals surface area contributed by atoms with E-state index in [0.29, 0.717) is 10.7 Å². The Bertz CT molecular complexity index is 405. The summed E-state index contributed by atoms with van der Waals surface area (Å²) in [5.74, 6) is 1.56. The fraction of sp³-hybridized carbons (Fsp3) is 0.600. The van der Waals surface area contributed by atoms with E-state index in [1.54, 1.807) is 0 Å². The Morgan fingerprint density at radius 1 is 1.28 bits per heavy atom. The van der Waals surface area contributed by atoms with Crippen molar-refractivity contribution >= 4 is 39.1 Å². The molecule has 1 aliphatic rings. The SMILES string of the molecule is CCC1CCC(Br)C(Cc2cc(Cl)ccc2Cl)C1. The summed E-state index contributed by atoms with van der Waals surface area (Å²) in [5.41, 5.74) is 1.19. The van der Waals surface area contributed by atoms with Crippen LogP contribution in [0.4, 0.5) is 0 Å². The third kappa shape index (κ3) is 3.65. The zero-order valence-electron chi connectivity index (χ0n) is 10.6. The summed E-state index contributed by atoms with van der Waals surface area (Å²) in [6, 6.07) is 5.77. The molecule has 2 rings (SSSR count). The first kappa shape index (κ1) is 14.7. The molecule has 0 saturated heterocycles. The van der Waals surface area contributed by atoms with Crippen molar-refractivity contribution in [2.24, 2.45) is 11.8 Å². The lowest BCUT2D eigenvalue weighted by atomic mass is 9.77. The first-order valence-electron chi connectivity index (χ1n) is 6.68. The quantitative estimate of drug-likeness (QED) is 0.576. The van der Waals surface area contributed by atoms with Crippen LogP contribution in [0.2, 0.25) is 10.0 Å². The van der Waals surface area contributed by atoms with E-state index in [4.69, 9.17) is 23.2 Å². The maximum absolute atomic E-state index is 6.26. The van der Waals surface area contributed by atoms with E-state index in [0.717, 1.165) is 22.4 Å². The third-order valence-electron chi connectivity index (χ3n) is 4.07. The van der Waals surface area contributed by atoms with Crippen LogP contribution in [-0.2, 0) is 6.42 Å². The zero-order chi connectivity index (χ0) is 13.1. The molecule has 18 heavy (non-hydrogen) atoms. The second-order valence-electron chi connectivity index (χ2n) is 5.30. The molecule has 0 N–H and O–H groups in total. The van der Waals surface area contributed by atoms with Gasteiger partial charge in [0.15, 0.2) is 0 Å². The van der Waals surface area contributed by atoms with Crippen LogP contribution in [0.25, 0.3) is 0 Å². The molecule has 1 saturated carbocycles. The molecule has 0 spiro atoms. The molecule has 0 aliphatic heterocycles. The minimum absolute atomic E-state index is 0.621. The molecule has 1 aliphatic carbocycles. The molecule has 100 valence electrons. The van der Waals surface area contributed by atoms with Crippen LogP contribution in [0.1, 0.15) is 38.2 Å². The van der Waals surface area contributed by atoms with Gasteiger partial charge in [-0.2, -0.15) is 0 Å². The minimum atomic E-state index is 0.621.